The molecule has 1 unspecified atom stereocenters. The summed E-state index contributed by atoms with van der Waals surface area (Å²) in [5.74, 6) is 1.05. The number of hydrogen-bond acceptors (Lipinski definition) is 2. The number of fused-ring (bicyclic) bond motifs is 1. The first kappa shape index (κ1) is 9.67. The van der Waals surface area contributed by atoms with Crippen molar-refractivity contribution in [2.45, 2.75) is 37.8 Å². The van der Waals surface area contributed by atoms with E-state index in [2.05, 4.69) is 35.0 Å². The maximum absolute atomic E-state index is 6.25. The van der Waals surface area contributed by atoms with Gasteiger partial charge in [0.05, 0.1) is 0 Å². The molecule has 1 aliphatic heterocycles. The van der Waals surface area contributed by atoms with Crippen LogP contribution in [0.5, 0.6) is 5.75 Å². The molecular weight excluding hydrogens is 254 g/mol. The van der Waals surface area contributed by atoms with Crippen LogP contribution in [-0.4, -0.2) is 6.10 Å². The van der Waals surface area contributed by atoms with Gasteiger partial charge in [-0.1, -0.05) is 15.9 Å². The van der Waals surface area contributed by atoms with E-state index in [0.29, 0.717) is 0 Å². The first-order valence-corrected chi connectivity index (χ1v) is 6.16. The molecule has 0 spiro atoms. The highest BCUT2D eigenvalue weighted by atomic mass is 79.9. The van der Waals surface area contributed by atoms with Crippen molar-refractivity contribution < 1.29 is 4.74 Å². The first-order valence-electron chi connectivity index (χ1n) is 5.37. The fourth-order valence-corrected chi connectivity index (χ4v) is 2.77. The topological polar surface area (TPSA) is 35.2 Å². The van der Waals surface area contributed by atoms with Crippen LogP contribution in [0.15, 0.2) is 16.6 Å². The fourth-order valence-electron chi connectivity index (χ4n) is 2.27. The molecule has 1 fully saturated rings. The molecule has 15 heavy (non-hydrogen) atoms. The van der Waals surface area contributed by atoms with Crippen LogP contribution < -0.4 is 10.5 Å². The van der Waals surface area contributed by atoms with Gasteiger partial charge in [-0.25, -0.2) is 0 Å². The smallest absolute Gasteiger partial charge is 0.128 e. The van der Waals surface area contributed by atoms with Gasteiger partial charge in [-0.05, 0) is 37.5 Å². The number of ether oxygens (including phenoxy) is 1. The summed E-state index contributed by atoms with van der Waals surface area (Å²) in [6, 6.07) is 4.26. The second-order valence-corrected chi connectivity index (χ2v) is 5.65. The lowest BCUT2D eigenvalue weighted by molar-refractivity contribution is 0.251. The van der Waals surface area contributed by atoms with Gasteiger partial charge in [0.1, 0.15) is 11.9 Å². The molecule has 3 rings (SSSR count). The van der Waals surface area contributed by atoms with E-state index in [1.165, 1.54) is 11.1 Å². The number of hydrogen-bond donors (Lipinski definition) is 1. The molecule has 80 valence electrons. The maximum Gasteiger partial charge on any atom is 0.128 e. The molecule has 0 aromatic heterocycles. The Bertz CT molecular complexity index is 426. The number of nitrogens with two attached hydrogens (primary N) is 1. The highest BCUT2D eigenvalue weighted by Crippen LogP contribution is 2.50. The van der Waals surface area contributed by atoms with Gasteiger partial charge in [0.25, 0.3) is 0 Å². The van der Waals surface area contributed by atoms with Crippen molar-refractivity contribution in [3.8, 4) is 5.75 Å². The minimum Gasteiger partial charge on any atom is -0.490 e. The minimum atomic E-state index is -0.113. The quantitative estimate of drug-likeness (QED) is 0.850. The molecule has 1 aliphatic carbocycles. The third kappa shape index (κ3) is 1.49. The predicted molar refractivity (Wildman–Crippen MR) is 63.0 cm³/mol. The zero-order valence-electron chi connectivity index (χ0n) is 8.72. The van der Waals surface area contributed by atoms with Crippen LogP contribution in [0.3, 0.4) is 0 Å². The van der Waals surface area contributed by atoms with Gasteiger partial charge < -0.3 is 10.5 Å². The van der Waals surface area contributed by atoms with Crippen LogP contribution in [0.25, 0.3) is 0 Å². The Morgan fingerprint density at radius 1 is 1.47 bits per heavy atom. The molecule has 1 atom stereocenters. The molecule has 2 nitrogen and oxygen atoms in total. The summed E-state index contributed by atoms with van der Waals surface area (Å²) in [7, 11) is 0. The Hall–Kier alpha value is -0.540. The van der Waals surface area contributed by atoms with Crippen molar-refractivity contribution in [3.63, 3.8) is 0 Å². The lowest BCUT2D eigenvalue weighted by Crippen LogP contribution is -2.20. The van der Waals surface area contributed by atoms with Crippen molar-refractivity contribution in [3.05, 3.63) is 27.7 Å². The van der Waals surface area contributed by atoms with Crippen LogP contribution >= 0.6 is 15.9 Å². The molecule has 1 saturated carbocycles. The van der Waals surface area contributed by atoms with E-state index < -0.39 is 0 Å². The summed E-state index contributed by atoms with van der Waals surface area (Å²) in [4.78, 5) is 0. The molecule has 1 aromatic carbocycles. The Morgan fingerprint density at radius 3 is 2.87 bits per heavy atom. The maximum atomic E-state index is 6.25. The summed E-state index contributed by atoms with van der Waals surface area (Å²) in [6.07, 6.45) is 3.44. The van der Waals surface area contributed by atoms with Crippen molar-refractivity contribution in [2.24, 2.45) is 5.73 Å². The molecule has 1 heterocycles. The number of rotatable bonds is 1. The fraction of sp³-hybridized carbons (Fsp3) is 0.500. The standard InChI is InChI=1S/C12H14BrNO/c1-7-4-8-5-9(13)6-10(11(8)15-7)12(14)2-3-12/h5-7H,2-4,14H2,1H3. The van der Waals surface area contributed by atoms with Crippen molar-refractivity contribution >= 4 is 15.9 Å². The lowest BCUT2D eigenvalue weighted by atomic mass is 10.0. The second-order valence-electron chi connectivity index (χ2n) is 4.73. The second kappa shape index (κ2) is 2.98. The van der Waals surface area contributed by atoms with Crippen molar-refractivity contribution in [2.75, 3.05) is 0 Å². The van der Waals surface area contributed by atoms with Gasteiger partial charge in [-0.3, -0.25) is 0 Å². The van der Waals surface area contributed by atoms with Gasteiger partial charge in [0, 0.05) is 22.0 Å². The van der Waals surface area contributed by atoms with Gasteiger partial charge in [0.2, 0.25) is 0 Å². The summed E-state index contributed by atoms with van der Waals surface area (Å²) in [6.45, 7) is 2.10. The van der Waals surface area contributed by atoms with Gasteiger partial charge in [0.15, 0.2) is 0 Å². The van der Waals surface area contributed by atoms with Crippen LogP contribution in [0, 0.1) is 0 Å². The molecule has 3 heteroatoms. The van der Waals surface area contributed by atoms with Gasteiger partial charge >= 0.3 is 0 Å². The minimum absolute atomic E-state index is 0.113. The van der Waals surface area contributed by atoms with E-state index in [1.54, 1.807) is 0 Å². The van der Waals surface area contributed by atoms with E-state index >= 15 is 0 Å². The third-order valence-electron chi connectivity index (χ3n) is 3.28. The molecule has 0 radical (unpaired) electrons. The van der Waals surface area contributed by atoms with Crippen molar-refractivity contribution in [1.82, 2.24) is 0 Å². The largest absolute Gasteiger partial charge is 0.490 e. The van der Waals surface area contributed by atoms with E-state index in [0.717, 1.165) is 29.5 Å². The highest BCUT2D eigenvalue weighted by molar-refractivity contribution is 9.10. The Balaban J connectivity index is 2.15. The van der Waals surface area contributed by atoms with Crippen LogP contribution in [0.1, 0.15) is 30.9 Å². The first-order chi connectivity index (χ1) is 7.08. The summed E-state index contributed by atoms with van der Waals surface area (Å²) in [5.41, 5.74) is 8.63. The monoisotopic (exact) mass is 267 g/mol. The normalized spacial score (nSPS) is 25.9. The van der Waals surface area contributed by atoms with E-state index in [9.17, 15) is 0 Å². The van der Waals surface area contributed by atoms with Crippen LogP contribution in [0.4, 0.5) is 0 Å². The Kier molecular flexibility index (Phi) is 1.92. The molecule has 0 bridgehead atoms. The third-order valence-corrected chi connectivity index (χ3v) is 3.74. The Labute approximate surface area is 97.9 Å². The zero-order valence-corrected chi connectivity index (χ0v) is 10.3. The average molecular weight is 268 g/mol. The molecule has 0 saturated heterocycles. The van der Waals surface area contributed by atoms with Crippen LogP contribution in [0.2, 0.25) is 0 Å². The molecule has 0 amide bonds. The molecule has 2 aliphatic rings. The SMILES string of the molecule is CC1Cc2cc(Br)cc(C3(N)CC3)c2O1. The van der Waals surface area contributed by atoms with Gasteiger partial charge in [-0.2, -0.15) is 0 Å². The molecule has 2 N–H and O–H groups in total. The zero-order chi connectivity index (χ0) is 10.6. The number of halogens is 1. The van der Waals surface area contributed by atoms with Crippen LogP contribution in [-0.2, 0) is 12.0 Å². The average Bonchev–Trinajstić information content (AvgIpc) is 2.78. The summed E-state index contributed by atoms with van der Waals surface area (Å²) in [5, 5.41) is 0. The molecule has 1 aromatic rings. The Morgan fingerprint density at radius 2 is 2.20 bits per heavy atom. The lowest BCUT2D eigenvalue weighted by Gasteiger charge is -2.15. The highest BCUT2D eigenvalue weighted by Gasteiger charge is 2.44. The predicted octanol–water partition coefficient (Wildman–Crippen LogP) is 2.72. The summed E-state index contributed by atoms with van der Waals surface area (Å²) >= 11 is 3.54. The summed E-state index contributed by atoms with van der Waals surface area (Å²) < 4.78 is 6.97. The van der Waals surface area contributed by atoms with E-state index in [4.69, 9.17) is 10.5 Å². The van der Waals surface area contributed by atoms with Crippen molar-refractivity contribution in [1.29, 1.82) is 0 Å². The number of benzene rings is 1. The van der Waals surface area contributed by atoms with E-state index in [-0.39, 0.29) is 11.6 Å². The van der Waals surface area contributed by atoms with Gasteiger partial charge in [-0.15, -0.1) is 0 Å². The molecular formula is C12H14BrNO. The van der Waals surface area contributed by atoms with E-state index in [1.807, 2.05) is 0 Å².